The minimum atomic E-state index is -1.28. The van der Waals surface area contributed by atoms with E-state index in [4.69, 9.17) is 52.9 Å². The van der Waals surface area contributed by atoms with Gasteiger partial charge in [-0.25, -0.2) is 19.3 Å². The molecule has 2 heterocycles. The van der Waals surface area contributed by atoms with Gasteiger partial charge in [0.25, 0.3) is 0 Å². The van der Waals surface area contributed by atoms with Crippen molar-refractivity contribution in [2.45, 2.75) is 55.5 Å². The molecule has 0 spiro atoms. The third kappa shape index (κ3) is 8.83. The quantitative estimate of drug-likeness (QED) is 0.156. The monoisotopic (exact) mass is 657 g/mol. The minimum Gasteiger partial charge on any atom is -0.463 e. The molecule has 3 unspecified atom stereocenters. The molecule has 0 bridgehead atoms. The van der Waals surface area contributed by atoms with Crippen molar-refractivity contribution in [3.8, 4) is 6.07 Å². The molecule has 43 heavy (non-hydrogen) atoms. The molecule has 2 N–H and O–H groups in total. The van der Waals surface area contributed by atoms with E-state index in [1.807, 2.05) is 6.07 Å². The van der Waals surface area contributed by atoms with Crippen LogP contribution in [0.2, 0.25) is 10.0 Å². The van der Waals surface area contributed by atoms with E-state index >= 15 is 0 Å². The zero-order valence-electron chi connectivity index (χ0n) is 22.6. The molecule has 1 aliphatic heterocycles. The summed E-state index contributed by atoms with van der Waals surface area (Å²) in [6, 6.07) is 3.83. The summed E-state index contributed by atoms with van der Waals surface area (Å²) < 4.78 is 50.6. The number of hydrogen-bond acceptors (Lipinski definition) is 13. The van der Waals surface area contributed by atoms with E-state index in [9.17, 15) is 23.2 Å². The van der Waals surface area contributed by atoms with Gasteiger partial charge in [-0.05, 0) is 18.2 Å². The van der Waals surface area contributed by atoms with Gasteiger partial charge in [0.15, 0.2) is 17.9 Å². The Morgan fingerprint density at radius 1 is 1.14 bits per heavy atom. The highest BCUT2D eigenvalue weighted by atomic mass is 35.5. The first-order valence-electron chi connectivity index (χ1n) is 12.2. The largest absolute Gasteiger partial charge is 0.463 e. The molecule has 1 aliphatic rings. The standard InChI is InChI=1S/C26H23Cl2F2N5O7S/c1-11(36)39-10-21-24(40-12(2)37)23(34-9-20(35-32)14-4-17(29)22(28)18(30)5-14)25(41-13(3)38)26(42-21)43-15-6-16(27)19(7-31)33-8-15/h4-6,8-9,21,23-26,32,34H,10H2,1-3H3/b20-9-,35-32?/t21?,23?,24-,25?,26+/m0/s1. The molecule has 5 atom stereocenters. The predicted molar refractivity (Wildman–Crippen MR) is 148 cm³/mol. The van der Waals surface area contributed by atoms with E-state index in [-0.39, 0.29) is 22.0 Å². The third-order valence-corrected chi connectivity index (χ3v) is 7.45. The van der Waals surface area contributed by atoms with Crippen LogP contribution in [0.5, 0.6) is 0 Å². The molecule has 12 nitrogen and oxygen atoms in total. The van der Waals surface area contributed by atoms with Crippen molar-refractivity contribution in [2.75, 3.05) is 6.61 Å². The Morgan fingerprint density at radius 3 is 2.30 bits per heavy atom. The van der Waals surface area contributed by atoms with Crippen LogP contribution < -0.4 is 5.32 Å². The molecular weight excluding hydrogens is 635 g/mol. The third-order valence-electron chi connectivity index (χ3n) is 5.69. The minimum absolute atomic E-state index is 0.0267. The number of aromatic nitrogens is 1. The summed E-state index contributed by atoms with van der Waals surface area (Å²) in [5.41, 5.74) is 6.02. The summed E-state index contributed by atoms with van der Waals surface area (Å²) in [7, 11) is 0. The lowest BCUT2D eigenvalue weighted by Gasteiger charge is -2.45. The SMILES string of the molecule is CC(=O)OCC1O[C@H](Sc2cnc(C#N)c(Cl)c2)C(OC(C)=O)C(N/C=C(\N=N)c2cc(F)c(Cl)c(F)c2)[C@H]1OC(C)=O. The first-order valence-corrected chi connectivity index (χ1v) is 13.8. The lowest BCUT2D eigenvalue weighted by Crippen LogP contribution is -2.64. The fourth-order valence-electron chi connectivity index (χ4n) is 3.95. The number of esters is 3. The van der Waals surface area contributed by atoms with Crippen LogP contribution in [-0.4, -0.2) is 59.3 Å². The predicted octanol–water partition coefficient (Wildman–Crippen LogP) is 4.77. The maximum Gasteiger partial charge on any atom is 0.303 e. The van der Waals surface area contributed by atoms with Crippen LogP contribution in [0.4, 0.5) is 8.78 Å². The van der Waals surface area contributed by atoms with Crippen molar-refractivity contribution in [3.63, 3.8) is 0 Å². The molecule has 1 fully saturated rings. The highest BCUT2D eigenvalue weighted by molar-refractivity contribution is 7.99. The molecule has 17 heteroatoms. The number of carbonyl (C=O) groups excluding carboxylic acids is 3. The lowest BCUT2D eigenvalue weighted by molar-refractivity contribution is -0.203. The van der Waals surface area contributed by atoms with E-state index in [2.05, 4.69) is 15.4 Å². The highest BCUT2D eigenvalue weighted by Gasteiger charge is 2.50. The smallest absolute Gasteiger partial charge is 0.303 e. The van der Waals surface area contributed by atoms with E-state index in [1.165, 1.54) is 12.3 Å². The summed E-state index contributed by atoms with van der Waals surface area (Å²) in [5, 5.41) is 14.6. The fraction of sp³-hybridized carbons (Fsp3) is 0.346. The summed E-state index contributed by atoms with van der Waals surface area (Å²) in [4.78, 5) is 40.4. The average Bonchev–Trinajstić information content (AvgIpc) is 2.93. The number of halogens is 4. The molecule has 2 aromatic rings. The van der Waals surface area contributed by atoms with Gasteiger partial charge in [0.1, 0.15) is 52.6 Å². The van der Waals surface area contributed by atoms with Crippen LogP contribution >= 0.6 is 35.0 Å². The Bertz CT molecular complexity index is 1470. The maximum atomic E-state index is 14.1. The van der Waals surface area contributed by atoms with Crippen LogP contribution in [0, 0.1) is 28.5 Å². The second kappa shape index (κ2) is 15.1. The van der Waals surface area contributed by atoms with Gasteiger partial charge >= 0.3 is 17.9 Å². The van der Waals surface area contributed by atoms with Gasteiger partial charge in [-0.15, -0.1) is 0 Å². The number of ether oxygens (including phenoxy) is 4. The second-order valence-electron chi connectivity index (χ2n) is 8.81. The number of thioether (sulfide) groups is 1. The van der Waals surface area contributed by atoms with Gasteiger partial charge < -0.3 is 24.3 Å². The Hall–Kier alpha value is -3.84. The number of pyridine rings is 1. The van der Waals surface area contributed by atoms with Crippen molar-refractivity contribution in [3.05, 3.63) is 63.5 Å². The Labute approximate surface area is 258 Å². The number of carbonyl (C=O) groups is 3. The number of nitrogens with one attached hydrogen (secondary N) is 2. The van der Waals surface area contributed by atoms with Gasteiger partial charge in [-0.3, -0.25) is 14.4 Å². The van der Waals surface area contributed by atoms with Gasteiger partial charge in [0.05, 0.1) is 5.02 Å². The molecule has 3 rings (SSSR count). The Balaban J connectivity index is 2.10. The number of benzene rings is 1. The van der Waals surface area contributed by atoms with Gasteiger partial charge in [0, 0.05) is 43.6 Å². The van der Waals surface area contributed by atoms with E-state index in [0.29, 0.717) is 4.90 Å². The normalized spacial score (nSPS) is 21.7. The number of hydrogen-bond donors (Lipinski definition) is 2. The molecule has 228 valence electrons. The van der Waals surface area contributed by atoms with Gasteiger partial charge in [0.2, 0.25) is 0 Å². The summed E-state index contributed by atoms with van der Waals surface area (Å²) >= 11 is 12.7. The molecule has 1 aromatic heterocycles. The van der Waals surface area contributed by atoms with Crippen molar-refractivity contribution >= 4 is 58.6 Å². The van der Waals surface area contributed by atoms with Crippen molar-refractivity contribution in [2.24, 2.45) is 5.11 Å². The number of rotatable bonds is 10. The zero-order valence-corrected chi connectivity index (χ0v) is 24.9. The average molecular weight is 658 g/mol. The number of nitriles is 1. The first-order chi connectivity index (χ1) is 20.3. The van der Waals surface area contributed by atoms with Crippen LogP contribution in [0.25, 0.3) is 5.70 Å². The Morgan fingerprint density at radius 2 is 1.77 bits per heavy atom. The first kappa shape index (κ1) is 33.7. The van der Waals surface area contributed by atoms with Crippen molar-refractivity contribution in [1.29, 1.82) is 10.8 Å². The molecule has 0 amide bonds. The molecule has 0 saturated carbocycles. The van der Waals surface area contributed by atoms with E-state index < -0.39 is 71.0 Å². The molecule has 0 aliphatic carbocycles. The van der Waals surface area contributed by atoms with Crippen molar-refractivity contribution in [1.82, 2.24) is 10.3 Å². The molecule has 1 aromatic carbocycles. The topological polar surface area (TPSA) is 173 Å². The van der Waals surface area contributed by atoms with Crippen LogP contribution in [-0.2, 0) is 33.3 Å². The van der Waals surface area contributed by atoms with Crippen LogP contribution in [0.15, 0.2) is 40.6 Å². The number of nitrogens with zero attached hydrogens (tertiary/aromatic N) is 3. The van der Waals surface area contributed by atoms with Crippen molar-refractivity contribution < 1.29 is 42.1 Å². The highest BCUT2D eigenvalue weighted by Crippen LogP contribution is 2.37. The lowest BCUT2D eigenvalue weighted by atomic mass is 9.96. The van der Waals surface area contributed by atoms with E-state index in [0.717, 1.165) is 50.9 Å². The summed E-state index contributed by atoms with van der Waals surface area (Å²) in [6.07, 6.45) is -1.22. The maximum absolute atomic E-state index is 14.1. The fourth-order valence-corrected chi connectivity index (χ4v) is 5.46. The zero-order chi connectivity index (χ0) is 31.8. The summed E-state index contributed by atoms with van der Waals surface area (Å²) in [6.45, 7) is 3.01. The molecular formula is C26H23Cl2F2N5O7S. The van der Waals surface area contributed by atoms with Crippen LogP contribution in [0.3, 0.4) is 0 Å². The molecule has 0 radical (unpaired) electrons. The summed E-state index contributed by atoms with van der Waals surface area (Å²) in [5.74, 6) is -4.37. The van der Waals surface area contributed by atoms with Gasteiger partial charge in [-0.2, -0.15) is 10.4 Å². The van der Waals surface area contributed by atoms with E-state index in [1.54, 1.807) is 0 Å². The Kier molecular flexibility index (Phi) is 11.8. The van der Waals surface area contributed by atoms with Gasteiger partial charge in [-0.1, -0.05) is 35.0 Å². The second-order valence-corrected chi connectivity index (χ2v) is 10.8. The molecule has 1 saturated heterocycles. The van der Waals surface area contributed by atoms with Crippen LogP contribution in [0.1, 0.15) is 32.0 Å².